The molecule has 0 unspecified atom stereocenters. The number of benzene rings is 1. The molecule has 0 aliphatic rings. The van der Waals surface area contributed by atoms with E-state index in [0.717, 1.165) is 12.3 Å². The van der Waals surface area contributed by atoms with E-state index in [1.807, 2.05) is 0 Å². The molecule has 0 saturated heterocycles. The third kappa shape index (κ3) is 4.57. The van der Waals surface area contributed by atoms with Crippen molar-refractivity contribution in [3.05, 3.63) is 35.4 Å². The minimum atomic E-state index is -3.89. The van der Waals surface area contributed by atoms with Gasteiger partial charge in [-0.1, -0.05) is 23.8 Å². The Bertz CT molecular complexity index is 712. The molecule has 3 N–H and O–H groups in total. The van der Waals surface area contributed by atoms with Gasteiger partial charge in [-0.3, -0.25) is 0 Å². The normalized spacial score (nSPS) is 12.9. The molecule has 20 heavy (non-hydrogen) atoms. The van der Waals surface area contributed by atoms with Crippen LogP contribution in [0.1, 0.15) is 0 Å². The molecule has 0 fully saturated rings. The first-order valence-corrected chi connectivity index (χ1v) is 9.28. The number of sulfone groups is 1. The van der Waals surface area contributed by atoms with Gasteiger partial charge in [0.2, 0.25) is 10.0 Å². The van der Waals surface area contributed by atoms with Crippen molar-refractivity contribution >= 4 is 31.5 Å². The van der Waals surface area contributed by atoms with Crippen molar-refractivity contribution in [2.75, 3.05) is 19.3 Å². The molecule has 0 bridgehead atoms. The Morgan fingerprint density at radius 2 is 1.90 bits per heavy atom. The lowest BCUT2D eigenvalue weighted by Gasteiger charge is -2.08. The number of hydrogen-bond donors (Lipinski definition) is 2. The van der Waals surface area contributed by atoms with Gasteiger partial charge in [-0.15, -0.1) is 0 Å². The van der Waals surface area contributed by atoms with Crippen molar-refractivity contribution in [2.24, 2.45) is 5.73 Å². The van der Waals surface area contributed by atoms with Crippen molar-refractivity contribution < 1.29 is 16.8 Å². The molecular formula is C11H15ClN2O4S2. The molecule has 0 aliphatic carbocycles. The number of rotatable bonds is 6. The molecule has 0 heterocycles. The van der Waals surface area contributed by atoms with E-state index in [1.165, 1.54) is 12.1 Å². The summed E-state index contributed by atoms with van der Waals surface area (Å²) < 4.78 is 49.2. The zero-order chi connectivity index (χ0) is 15.4. The summed E-state index contributed by atoms with van der Waals surface area (Å²) >= 11 is 5.82. The van der Waals surface area contributed by atoms with E-state index < -0.39 is 19.9 Å². The van der Waals surface area contributed by atoms with Gasteiger partial charge in [0, 0.05) is 19.3 Å². The highest BCUT2D eigenvalue weighted by atomic mass is 35.5. The zero-order valence-corrected chi connectivity index (χ0v) is 13.1. The van der Waals surface area contributed by atoms with E-state index in [-0.39, 0.29) is 21.4 Å². The first-order valence-electron chi connectivity index (χ1n) is 5.53. The topological polar surface area (TPSA) is 106 Å². The van der Waals surface area contributed by atoms with E-state index in [9.17, 15) is 16.8 Å². The average molecular weight is 339 g/mol. The lowest BCUT2D eigenvalue weighted by atomic mass is 10.4. The highest BCUT2D eigenvalue weighted by molar-refractivity contribution is 7.91. The molecule has 6 nitrogen and oxygen atoms in total. The van der Waals surface area contributed by atoms with Crippen LogP contribution in [-0.2, 0) is 19.9 Å². The molecule has 0 aromatic heterocycles. The van der Waals surface area contributed by atoms with Crippen LogP contribution in [0.25, 0.3) is 0 Å². The van der Waals surface area contributed by atoms with Crippen LogP contribution < -0.4 is 10.5 Å². The summed E-state index contributed by atoms with van der Waals surface area (Å²) in [6.07, 6.45) is 4.13. The average Bonchev–Trinajstić information content (AvgIpc) is 2.33. The van der Waals surface area contributed by atoms with Crippen LogP contribution in [0.5, 0.6) is 0 Å². The van der Waals surface area contributed by atoms with Crippen LogP contribution in [0.3, 0.4) is 0 Å². The zero-order valence-electron chi connectivity index (χ0n) is 10.7. The van der Waals surface area contributed by atoms with Gasteiger partial charge in [-0.2, -0.15) is 0 Å². The smallest absolute Gasteiger partial charge is 0.242 e. The minimum absolute atomic E-state index is 0.0406. The Morgan fingerprint density at radius 1 is 1.25 bits per heavy atom. The van der Waals surface area contributed by atoms with Crippen LogP contribution >= 0.6 is 11.6 Å². The maximum atomic E-state index is 12.0. The Balaban J connectivity index is 3.15. The van der Waals surface area contributed by atoms with Crippen LogP contribution in [0.4, 0.5) is 0 Å². The Morgan fingerprint density at radius 3 is 2.45 bits per heavy atom. The number of hydrogen-bond acceptors (Lipinski definition) is 5. The van der Waals surface area contributed by atoms with Crippen molar-refractivity contribution in [1.29, 1.82) is 0 Å². The molecule has 0 amide bonds. The van der Waals surface area contributed by atoms with Crippen LogP contribution in [0, 0.1) is 0 Å². The highest BCUT2D eigenvalue weighted by Crippen LogP contribution is 2.24. The minimum Gasteiger partial charge on any atom is -0.327 e. The summed E-state index contributed by atoms with van der Waals surface area (Å²) in [5, 5.41) is -0.0484. The van der Waals surface area contributed by atoms with Gasteiger partial charge in [-0.25, -0.2) is 21.6 Å². The van der Waals surface area contributed by atoms with Gasteiger partial charge in [-0.05, 0) is 18.2 Å². The van der Waals surface area contributed by atoms with Gasteiger partial charge >= 0.3 is 0 Å². The van der Waals surface area contributed by atoms with E-state index in [1.54, 1.807) is 12.2 Å². The molecule has 1 aromatic rings. The molecule has 0 atom stereocenters. The maximum Gasteiger partial charge on any atom is 0.242 e. The van der Waals surface area contributed by atoms with E-state index in [4.69, 9.17) is 17.3 Å². The fraction of sp³-hybridized carbons (Fsp3) is 0.273. The Labute approximate surface area is 123 Å². The standard InChI is InChI=1S/C11H15ClN2O4S2/c1-19(15,16)9-4-5-10(12)11(8-9)20(17,18)14-7-3-2-6-13/h2-5,8,14H,6-7,13H2,1H3/b3-2+. The van der Waals surface area contributed by atoms with Crippen LogP contribution in [-0.4, -0.2) is 36.2 Å². The van der Waals surface area contributed by atoms with Gasteiger partial charge < -0.3 is 5.73 Å². The summed E-state index contributed by atoms with van der Waals surface area (Å²) in [7, 11) is -7.41. The van der Waals surface area contributed by atoms with Gasteiger partial charge in [0.05, 0.1) is 9.92 Å². The monoisotopic (exact) mass is 338 g/mol. The highest BCUT2D eigenvalue weighted by Gasteiger charge is 2.20. The predicted molar refractivity (Wildman–Crippen MR) is 77.9 cm³/mol. The summed E-state index contributed by atoms with van der Waals surface area (Å²) in [6.45, 7) is 0.338. The summed E-state index contributed by atoms with van der Waals surface area (Å²) in [4.78, 5) is -0.386. The lowest BCUT2D eigenvalue weighted by Crippen LogP contribution is -2.24. The second kappa shape index (κ2) is 6.68. The van der Waals surface area contributed by atoms with Crippen molar-refractivity contribution in [2.45, 2.75) is 9.79 Å². The molecule has 1 rings (SSSR count). The van der Waals surface area contributed by atoms with E-state index in [2.05, 4.69) is 4.72 Å². The Hall–Kier alpha value is -0.930. The summed E-state index contributed by atoms with van der Waals surface area (Å²) in [5.74, 6) is 0. The van der Waals surface area contributed by atoms with Crippen LogP contribution in [0.15, 0.2) is 40.1 Å². The van der Waals surface area contributed by atoms with Crippen molar-refractivity contribution in [1.82, 2.24) is 4.72 Å². The van der Waals surface area contributed by atoms with Gasteiger partial charge in [0.15, 0.2) is 9.84 Å². The molecular weight excluding hydrogens is 324 g/mol. The number of halogens is 1. The third-order valence-corrected chi connectivity index (χ3v) is 5.33. The first kappa shape index (κ1) is 17.1. The predicted octanol–water partition coefficient (Wildman–Crippen LogP) is 0.537. The fourth-order valence-corrected chi connectivity index (χ4v) is 3.56. The van der Waals surface area contributed by atoms with Crippen molar-refractivity contribution in [3.8, 4) is 0 Å². The molecule has 0 aliphatic heterocycles. The van der Waals surface area contributed by atoms with E-state index in [0.29, 0.717) is 6.54 Å². The quantitative estimate of drug-likeness (QED) is 0.736. The summed E-state index contributed by atoms with van der Waals surface area (Å²) in [5.41, 5.74) is 5.23. The van der Waals surface area contributed by atoms with Crippen molar-refractivity contribution in [3.63, 3.8) is 0 Å². The Kier molecular flexibility index (Phi) is 5.72. The number of nitrogens with one attached hydrogen (secondary N) is 1. The second-order valence-corrected chi connectivity index (χ2v) is 8.08. The molecule has 1 aromatic carbocycles. The van der Waals surface area contributed by atoms with Crippen LogP contribution in [0.2, 0.25) is 5.02 Å². The molecule has 112 valence electrons. The van der Waals surface area contributed by atoms with Gasteiger partial charge in [0.1, 0.15) is 4.90 Å². The second-order valence-electron chi connectivity index (χ2n) is 3.92. The fourth-order valence-electron chi connectivity index (χ4n) is 1.34. The van der Waals surface area contributed by atoms with Gasteiger partial charge in [0.25, 0.3) is 0 Å². The largest absolute Gasteiger partial charge is 0.327 e. The SMILES string of the molecule is CS(=O)(=O)c1ccc(Cl)c(S(=O)(=O)NC/C=C/CN)c1. The maximum absolute atomic E-state index is 12.0. The number of nitrogens with two attached hydrogens (primary N) is 1. The molecule has 0 saturated carbocycles. The lowest BCUT2D eigenvalue weighted by molar-refractivity contribution is 0.585. The third-order valence-electron chi connectivity index (χ3n) is 2.31. The first-order chi connectivity index (χ1) is 9.18. The molecule has 0 radical (unpaired) electrons. The molecule has 9 heteroatoms. The summed E-state index contributed by atoms with van der Waals surface area (Å²) in [6, 6.07) is 3.53. The van der Waals surface area contributed by atoms with E-state index >= 15 is 0 Å². The molecule has 0 spiro atoms. The number of sulfonamides is 1.